The summed E-state index contributed by atoms with van der Waals surface area (Å²) in [6, 6.07) is 5.91. The summed E-state index contributed by atoms with van der Waals surface area (Å²) in [5.41, 5.74) is -2.91. The molecule has 0 aromatic heterocycles. The molecule has 1 atom stereocenters. The highest BCUT2D eigenvalue weighted by molar-refractivity contribution is 5.99. The zero-order valence-corrected chi connectivity index (χ0v) is 14.8. The van der Waals surface area contributed by atoms with Gasteiger partial charge in [-0.05, 0) is 51.1 Å². The van der Waals surface area contributed by atoms with Crippen molar-refractivity contribution < 1.29 is 27.5 Å². The predicted molar refractivity (Wildman–Crippen MR) is 90.8 cm³/mol. The van der Waals surface area contributed by atoms with E-state index >= 15 is 0 Å². The Hall–Kier alpha value is -2.35. The maximum atomic E-state index is 13.4. The van der Waals surface area contributed by atoms with Crippen molar-refractivity contribution in [3.05, 3.63) is 42.5 Å². The smallest absolute Gasteiger partial charge is 0.356 e. The summed E-state index contributed by atoms with van der Waals surface area (Å²) in [7, 11) is 0. The van der Waals surface area contributed by atoms with Crippen molar-refractivity contribution in [1.29, 1.82) is 0 Å². The summed E-state index contributed by atoms with van der Waals surface area (Å²) in [6.45, 7) is 6.76. The highest BCUT2D eigenvalue weighted by atomic mass is 19.4. The van der Waals surface area contributed by atoms with Crippen molar-refractivity contribution >= 4 is 17.5 Å². The van der Waals surface area contributed by atoms with E-state index in [2.05, 4.69) is 11.9 Å². The Morgan fingerprint density at radius 2 is 1.77 bits per heavy atom. The van der Waals surface area contributed by atoms with E-state index in [9.17, 15) is 22.8 Å². The number of carbonyl (C=O) groups is 2. The zero-order valence-electron chi connectivity index (χ0n) is 14.8. The Morgan fingerprint density at radius 3 is 2.27 bits per heavy atom. The Balaban J connectivity index is 2.22. The fourth-order valence-electron chi connectivity index (χ4n) is 2.92. The Labute approximate surface area is 149 Å². The Bertz CT molecular complexity index is 713. The molecular weight excluding hydrogens is 349 g/mol. The monoisotopic (exact) mass is 370 g/mol. The predicted octanol–water partition coefficient (Wildman–Crippen LogP) is 3.38. The molecule has 1 aliphatic rings. The van der Waals surface area contributed by atoms with Crippen LogP contribution in [0.25, 0.3) is 0 Å². The molecule has 142 valence electrons. The third kappa shape index (κ3) is 4.24. The van der Waals surface area contributed by atoms with Crippen LogP contribution in [0.5, 0.6) is 0 Å². The summed E-state index contributed by atoms with van der Waals surface area (Å²) < 4.78 is 45.5. The standard InChI is InChI=1S/C18H21F3N2O3/c1-5-14(24)22-13-8-6-12(7-9-13)15(25)23-10-16(2,3)26-17(4,11-23)18(19,20)21/h5-9H,1,10-11H2,2-4H3,(H,22,24). The maximum absolute atomic E-state index is 13.4. The van der Waals surface area contributed by atoms with E-state index in [4.69, 9.17) is 4.74 Å². The first-order chi connectivity index (χ1) is 11.9. The van der Waals surface area contributed by atoms with Crippen LogP contribution in [0.2, 0.25) is 0 Å². The summed E-state index contributed by atoms with van der Waals surface area (Å²) >= 11 is 0. The van der Waals surface area contributed by atoms with Gasteiger partial charge in [0.15, 0.2) is 5.60 Å². The molecular formula is C18H21F3N2O3. The molecule has 0 spiro atoms. The minimum atomic E-state index is -4.61. The van der Waals surface area contributed by atoms with Crippen molar-refractivity contribution in [2.45, 2.75) is 38.1 Å². The molecule has 1 aliphatic heterocycles. The topological polar surface area (TPSA) is 58.6 Å². The molecule has 1 fully saturated rings. The van der Waals surface area contributed by atoms with Crippen LogP contribution in [-0.4, -0.2) is 47.2 Å². The number of rotatable bonds is 3. The number of nitrogens with zero attached hydrogens (tertiary/aromatic N) is 1. The van der Waals surface area contributed by atoms with Gasteiger partial charge in [0, 0.05) is 17.8 Å². The largest absolute Gasteiger partial charge is 0.418 e. The lowest BCUT2D eigenvalue weighted by Crippen LogP contribution is -2.65. The number of amides is 2. The van der Waals surface area contributed by atoms with Crippen LogP contribution in [-0.2, 0) is 9.53 Å². The van der Waals surface area contributed by atoms with Gasteiger partial charge in [-0.15, -0.1) is 0 Å². The molecule has 1 N–H and O–H groups in total. The third-order valence-electron chi connectivity index (χ3n) is 4.04. The number of hydrogen-bond donors (Lipinski definition) is 1. The number of nitrogens with one attached hydrogen (secondary N) is 1. The minimum absolute atomic E-state index is 0.0342. The highest BCUT2D eigenvalue weighted by Crippen LogP contribution is 2.40. The summed E-state index contributed by atoms with van der Waals surface area (Å²) in [5, 5.41) is 2.53. The fourth-order valence-corrected chi connectivity index (χ4v) is 2.92. The number of alkyl halides is 3. The lowest BCUT2D eigenvalue weighted by atomic mass is 9.96. The summed E-state index contributed by atoms with van der Waals surface area (Å²) in [6.07, 6.45) is -3.51. The van der Waals surface area contributed by atoms with Crippen LogP contribution < -0.4 is 5.32 Å². The van der Waals surface area contributed by atoms with Crippen molar-refractivity contribution in [2.24, 2.45) is 0 Å². The molecule has 1 aromatic carbocycles. The van der Waals surface area contributed by atoms with Gasteiger partial charge in [0.1, 0.15) is 0 Å². The molecule has 1 heterocycles. The van der Waals surface area contributed by atoms with E-state index in [0.29, 0.717) is 5.69 Å². The molecule has 5 nitrogen and oxygen atoms in total. The molecule has 1 aromatic rings. The van der Waals surface area contributed by atoms with Crippen molar-refractivity contribution in [2.75, 3.05) is 18.4 Å². The number of ether oxygens (including phenoxy) is 1. The molecule has 26 heavy (non-hydrogen) atoms. The average Bonchev–Trinajstić information content (AvgIpc) is 2.52. The van der Waals surface area contributed by atoms with Crippen molar-refractivity contribution in [3.8, 4) is 0 Å². The molecule has 0 radical (unpaired) electrons. The average molecular weight is 370 g/mol. The normalized spacial score (nSPS) is 22.6. The first kappa shape index (κ1) is 20.0. The third-order valence-corrected chi connectivity index (χ3v) is 4.04. The van der Waals surface area contributed by atoms with Gasteiger partial charge in [0.05, 0.1) is 12.1 Å². The van der Waals surface area contributed by atoms with Crippen LogP contribution in [0.1, 0.15) is 31.1 Å². The minimum Gasteiger partial charge on any atom is -0.356 e. The van der Waals surface area contributed by atoms with Crippen LogP contribution >= 0.6 is 0 Å². The second kappa shape index (κ2) is 6.75. The van der Waals surface area contributed by atoms with Gasteiger partial charge in [0.25, 0.3) is 5.91 Å². The molecule has 1 saturated heterocycles. The van der Waals surface area contributed by atoms with Gasteiger partial charge in [-0.25, -0.2) is 0 Å². The van der Waals surface area contributed by atoms with E-state index in [1.54, 1.807) is 0 Å². The van der Waals surface area contributed by atoms with Gasteiger partial charge in [-0.1, -0.05) is 6.58 Å². The van der Waals surface area contributed by atoms with Crippen LogP contribution in [0.15, 0.2) is 36.9 Å². The quantitative estimate of drug-likeness (QED) is 0.830. The summed E-state index contributed by atoms with van der Waals surface area (Å²) in [4.78, 5) is 25.1. The lowest BCUT2D eigenvalue weighted by Gasteiger charge is -2.48. The van der Waals surface area contributed by atoms with Gasteiger partial charge in [-0.2, -0.15) is 13.2 Å². The van der Waals surface area contributed by atoms with Gasteiger partial charge in [0.2, 0.25) is 5.91 Å². The first-order valence-electron chi connectivity index (χ1n) is 7.96. The van der Waals surface area contributed by atoms with Crippen molar-refractivity contribution in [1.82, 2.24) is 4.90 Å². The van der Waals surface area contributed by atoms with Crippen LogP contribution in [0.4, 0.5) is 18.9 Å². The summed E-state index contributed by atoms with van der Waals surface area (Å²) in [5.74, 6) is -0.932. The molecule has 8 heteroatoms. The Kier molecular flexibility index (Phi) is 5.19. The number of benzene rings is 1. The molecule has 0 bridgehead atoms. The first-order valence-corrected chi connectivity index (χ1v) is 7.96. The number of hydrogen-bond acceptors (Lipinski definition) is 3. The van der Waals surface area contributed by atoms with E-state index < -0.39 is 35.7 Å². The fraction of sp³-hybridized carbons (Fsp3) is 0.444. The van der Waals surface area contributed by atoms with Crippen LogP contribution in [0, 0.1) is 0 Å². The molecule has 0 aliphatic carbocycles. The maximum Gasteiger partial charge on any atom is 0.418 e. The second-order valence-corrected chi connectivity index (χ2v) is 7.02. The molecule has 0 saturated carbocycles. The van der Waals surface area contributed by atoms with Crippen molar-refractivity contribution in [3.63, 3.8) is 0 Å². The number of morpholine rings is 1. The van der Waals surface area contributed by atoms with Gasteiger partial charge < -0.3 is 15.0 Å². The number of carbonyl (C=O) groups excluding carboxylic acids is 2. The Morgan fingerprint density at radius 1 is 1.19 bits per heavy atom. The van der Waals surface area contributed by atoms with E-state index in [1.165, 1.54) is 38.1 Å². The SMILES string of the molecule is C=CC(=O)Nc1ccc(C(=O)N2CC(C)(C)OC(C)(C(F)(F)F)C2)cc1. The van der Waals surface area contributed by atoms with E-state index in [1.807, 2.05) is 0 Å². The van der Waals surface area contributed by atoms with Crippen LogP contribution in [0.3, 0.4) is 0 Å². The van der Waals surface area contributed by atoms with E-state index in [0.717, 1.165) is 17.9 Å². The van der Waals surface area contributed by atoms with Gasteiger partial charge in [-0.3, -0.25) is 9.59 Å². The lowest BCUT2D eigenvalue weighted by molar-refractivity contribution is -0.318. The second-order valence-electron chi connectivity index (χ2n) is 7.02. The molecule has 2 rings (SSSR count). The number of anilines is 1. The number of halogens is 3. The van der Waals surface area contributed by atoms with Gasteiger partial charge >= 0.3 is 6.18 Å². The molecule has 2 amide bonds. The zero-order chi connectivity index (χ0) is 19.8. The highest BCUT2D eigenvalue weighted by Gasteiger charge is 2.58. The van der Waals surface area contributed by atoms with E-state index in [-0.39, 0.29) is 12.1 Å². The molecule has 1 unspecified atom stereocenters.